The summed E-state index contributed by atoms with van der Waals surface area (Å²) in [4.78, 5) is 33.6. The first kappa shape index (κ1) is 26.0. The number of aromatic nitrogens is 4. The minimum Gasteiger partial charge on any atom is -0.415 e. The van der Waals surface area contributed by atoms with Crippen molar-refractivity contribution >= 4 is 34.5 Å². The SMILES string of the molecule is O=C1Nc2ccc(Cl)cc2[C@@](C#CC2CC2)(C(F)(F)F)O1.O=c1[nH]cnc2c1ncn2[C@H]1CC[C@@H](CO)O1. The third kappa shape index (κ3) is 4.94. The van der Waals surface area contributed by atoms with Gasteiger partial charge in [-0.05, 0) is 49.8 Å². The molecule has 1 amide bonds. The monoisotopic (exact) mass is 551 g/mol. The van der Waals surface area contributed by atoms with Crippen molar-refractivity contribution in [2.45, 2.75) is 49.8 Å². The van der Waals surface area contributed by atoms with Crippen LogP contribution in [0.4, 0.5) is 23.7 Å². The van der Waals surface area contributed by atoms with Gasteiger partial charge in [-0.3, -0.25) is 14.7 Å². The number of hydrogen-bond acceptors (Lipinski definition) is 7. The molecule has 0 spiro atoms. The van der Waals surface area contributed by atoms with E-state index in [1.807, 2.05) is 0 Å². The average Bonchev–Trinajstić information content (AvgIpc) is 3.40. The van der Waals surface area contributed by atoms with E-state index in [9.17, 15) is 22.8 Å². The number of anilines is 1. The van der Waals surface area contributed by atoms with Gasteiger partial charge in [-0.15, -0.1) is 0 Å². The van der Waals surface area contributed by atoms with Gasteiger partial charge in [0.2, 0.25) is 0 Å². The van der Waals surface area contributed by atoms with E-state index in [-0.39, 0.29) is 46.7 Å². The number of halogens is 4. The predicted octanol–water partition coefficient (Wildman–Crippen LogP) is 3.86. The highest BCUT2D eigenvalue weighted by Crippen LogP contribution is 2.48. The summed E-state index contributed by atoms with van der Waals surface area (Å²) in [6, 6.07) is 3.81. The average molecular weight is 552 g/mol. The Balaban J connectivity index is 0.000000158. The lowest BCUT2D eigenvalue weighted by atomic mass is 9.90. The van der Waals surface area contributed by atoms with Gasteiger partial charge in [0.1, 0.15) is 6.23 Å². The number of nitrogens with zero attached hydrogens (tertiary/aromatic N) is 3. The Morgan fingerprint density at radius 3 is 2.68 bits per heavy atom. The lowest BCUT2D eigenvalue weighted by Gasteiger charge is -2.35. The zero-order valence-corrected chi connectivity index (χ0v) is 20.3. The van der Waals surface area contributed by atoms with Crippen molar-refractivity contribution in [1.82, 2.24) is 19.5 Å². The van der Waals surface area contributed by atoms with Crippen LogP contribution in [0.15, 0.2) is 35.6 Å². The number of imidazole rings is 1. The number of benzene rings is 1. The number of hydrogen-bond donors (Lipinski definition) is 3. The second-order valence-electron chi connectivity index (χ2n) is 8.96. The molecule has 2 fully saturated rings. The molecule has 200 valence electrons. The topological polar surface area (TPSA) is 131 Å². The van der Waals surface area contributed by atoms with Gasteiger partial charge in [-0.25, -0.2) is 14.8 Å². The van der Waals surface area contributed by atoms with Crippen molar-refractivity contribution in [3.05, 3.63) is 51.8 Å². The van der Waals surface area contributed by atoms with Gasteiger partial charge in [0, 0.05) is 16.5 Å². The molecule has 1 saturated carbocycles. The van der Waals surface area contributed by atoms with Gasteiger partial charge in [0.15, 0.2) is 11.2 Å². The van der Waals surface area contributed by atoms with Crippen molar-refractivity contribution in [2.24, 2.45) is 5.92 Å². The zero-order chi connectivity index (χ0) is 27.1. The van der Waals surface area contributed by atoms with Gasteiger partial charge in [-0.2, -0.15) is 13.2 Å². The van der Waals surface area contributed by atoms with Crippen molar-refractivity contribution in [1.29, 1.82) is 0 Å². The van der Waals surface area contributed by atoms with E-state index in [0.717, 1.165) is 31.7 Å². The quantitative estimate of drug-likeness (QED) is 0.412. The molecule has 3 N–H and O–H groups in total. The van der Waals surface area contributed by atoms with E-state index in [0.29, 0.717) is 11.2 Å². The van der Waals surface area contributed by atoms with Crippen LogP contribution >= 0.6 is 11.6 Å². The smallest absolute Gasteiger partial charge is 0.415 e. The van der Waals surface area contributed by atoms with Crippen molar-refractivity contribution in [3.8, 4) is 11.8 Å². The number of carbonyl (C=O) groups is 1. The van der Waals surface area contributed by atoms with Crippen LogP contribution in [0.25, 0.3) is 11.2 Å². The molecule has 2 aromatic heterocycles. The number of cyclic esters (lactones) is 1. The minimum absolute atomic E-state index is 0.00179. The molecular formula is C24H21ClF3N5O5. The Hall–Kier alpha value is -3.60. The molecule has 3 aromatic rings. The van der Waals surface area contributed by atoms with E-state index in [2.05, 4.69) is 36.8 Å². The molecule has 1 aliphatic carbocycles. The molecule has 0 bridgehead atoms. The number of aliphatic hydroxyl groups excluding tert-OH is 1. The van der Waals surface area contributed by atoms with Crippen LogP contribution in [0.3, 0.4) is 0 Å². The molecule has 1 aromatic carbocycles. The lowest BCUT2D eigenvalue weighted by Crippen LogP contribution is -2.49. The van der Waals surface area contributed by atoms with Crippen LogP contribution in [0.1, 0.15) is 37.5 Å². The summed E-state index contributed by atoms with van der Waals surface area (Å²) in [7, 11) is 0. The van der Waals surface area contributed by atoms with Crippen molar-refractivity contribution < 1.29 is 32.5 Å². The van der Waals surface area contributed by atoms with Crippen LogP contribution in [-0.4, -0.2) is 49.6 Å². The largest absolute Gasteiger partial charge is 0.445 e. The highest BCUT2D eigenvalue weighted by atomic mass is 35.5. The molecule has 0 radical (unpaired) electrons. The Kier molecular flexibility index (Phi) is 6.81. The maximum atomic E-state index is 13.6. The van der Waals surface area contributed by atoms with Crippen LogP contribution in [0, 0.1) is 17.8 Å². The Morgan fingerprint density at radius 2 is 2.00 bits per heavy atom. The highest BCUT2D eigenvalue weighted by molar-refractivity contribution is 6.30. The predicted molar refractivity (Wildman–Crippen MR) is 128 cm³/mol. The number of rotatable bonds is 2. The number of H-pyrrole nitrogens is 1. The fourth-order valence-electron chi connectivity index (χ4n) is 4.15. The van der Waals surface area contributed by atoms with Gasteiger partial charge in [-0.1, -0.05) is 17.5 Å². The second-order valence-corrected chi connectivity index (χ2v) is 9.39. The summed E-state index contributed by atoms with van der Waals surface area (Å²) in [6.07, 6.45) is -0.400. The van der Waals surface area contributed by atoms with E-state index < -0.39 is 17.9 Å². The second kappa shape index (κ2) is 9.94. The summed E-state index contributed by atoms with van der Waals surface area (Å²) in [5, 5.41) is 11.4. The highest BCUT2D eigenvalue weighted by Gasteiger charge is 2.62. The number of ether oxygens (including phenoxy) is 2. The summed E-state index contributed by atoms with van der Waals surface area (Å²) < 4.78 is 52.8. The molecule has 3 aliphatic rings. The van der Waals surface area contributed by atoms with Crippen molar-refractivity contribution in [3.63, 3.8) is 0 Å². The molecule has 14 heteroatoms. The van der Waals surface area contributed by atoms with Crippen LogP contribution in [0.2, 0.25) is 5.02 Å². The van der Waals surface area contributed by atoms with Crippen molar-refractivity contribution in [2.75, 3.05) is 11.9 Å². The fourth-order valence-corrected chi connectivity index (χ4v) is 4.32. The summed E-state index contributed by atoms with van der Waals surface area (Å²) in [5.41, 5.74) is -2.71. The number of nitrogens with one attached hydrogen (secondary N) is 2. The number of carbonyl (C=O) groups excluding carboxylic acids is 1. The summed E-state index contributed by atoms with van der Waals surface area (Å²) in [5.74, 6) is 4.60. The third-order valence-corrected chi connectivity index (χ3v) is 6.47. The van der Waals surface area contributed by atoms with E-state index in [1.54, 1.807) is 10.9 Å². The third-order valence-electron chi connectivity index (χ3n) is 6.24. The molecule has 10 nitrogen and oxygen atoms in total. The van der Waals surface area contributed by atoms with Crippen LogP contribution < -0.4 is 10.9 Å². The Morgan fingerprint density at radius 1 is 1.21 bits per heavy atom. The Labute approximate surface area is 218 Å². The van der Waals surface area contributed by atoms with Gasteiger partial charge in [0.25, 0.3) is 11.2 Å². The van der Waals surface area contributed by atoms with E-state index in [1.165, 1.54) is 18.5 Å². The maximum Gasteiger partial charge on any atom is 0.445 e. The van der Waals surface area contributed by atoms with Crippen LogP contribution in [0.5, 0.6) is 0 Å². The normalized spacial score (nSPS) is 24.4. The first-order valence-corrected chi connectivity index (χ1v) is 12.0. The first-order valence-electron chi connectivity index (χ1n) is 11.7. The number of aromatic amines is 1. The number of alkyl halides is 3. The summed E-state index contributed by atoms with van der Waals surface area (Å²) >= 11 is 5.78. The minimum atomic E-state index is -4.87. The number of amides is 1. The molecule has 2 aliphatic heterocycles. The zero-order valence-electron chi connectivity index (χ0n) is 19.6. The number of fused-ring (bicyclic) bond motifs is 2. The lowest BCUT2D eigenvalue weighted by molar-refractivity contribution is -0.239. The van der Waals surface area contributed by atoms with Gasteiger partial charge in [0.05, 0.1) is 31.1 Å². The maximum absolute atomic E-state index is 13.6. The first-order chi connectivity index (χ1) is 18.1. The molecule has 38 heavy (non-hydrogen) atoms. The van der Waals surface area contributed by atoms with Gasteiger partial charge < -0.3 is 19.6 Å². The molecule has 6 rings (SSSR count). The van der Waals surface area contributed by atoms with Crippen LogP contribution in [-0.2, 0) is 15.1 Å². The van der Waals surface area contributed by atoms with E-state index in [4.69, 9.17) is 21.4 Å². The molecule has 1 saturated heterocycles. The van der Waals surface area contributed by atoms with Gasteiger partial charge >= 0.3 is 12.3 Å². The van der Waals surface area contributed by atoms with E-state index >= 15 is 0 Å². The standard InChI is InChI=1S/C14H9ClF3NO2.C10H12N4O3/c15-9-3-4-11-10(7-9)13(14(16,17)18,21-12(20)19-11)6-5-8-1-2-8;15-3-6-1-2-7(17-6)14-5-13-8-9(14)11-4-12-10(8)16/h3-4,7-8H,1-2H2,(H,19,20);4-7,15H,1-3H2,(H,11,12,16)/t13-;6-,7+/m00/s1. The molecule has 0 unspecified atom stereocenters. The Bertz CT molecular complexity index is 1490. The number of aliphatic hydroxyl groups is 1. The molecular weight excluding hydrogens is 531 g/mol. The molecule has 3 atom stereocenters. The summed E-state index contributed by atoms with van der Waals surface area (Å²) in [6.45, 7) is 0.0111. The molecule has 4 heterocycles. The fraction of sp³-hybridized carbons (Fsp3) is 0.417.